The van der Waals surface area contributed by atoms with Gasteiger partial charge in [-0.05, 0) is 48.5 Å². The third-order valence-corrected chi connectivity index (χ3v) is 8.07. The van der Waals surface area contributed by atoms with Gasteiger partial charge in [-0.3, -0.25) is 0 Å². The fourth-order valence-corrected chi connectivity index (χ4v) is 5.53. The molecule has 7 heteroatoms. The van der Waals surface area contributed by atoms with Crippen LogP contribution in [0, 0.1) is 0 Å². The molecule has 0 amide bonds. The lowest BCUT2D eigenvalue weighted by Gasteiger charge is -2.12. The highest BCUT2D eigenvalue weighted by molar-refractivity contribution is 5.73. The Bertz CT molecular complexity index is 1920. The maximum absolute atomic E-state index is 5.16. The van der Waals surface area contributed by atoms with Gasteiger partial charge in [-0.2, -0.15) is 10.2 Å². The lowest BCUT2D eigenvalue weighted by atomic mass is 10.1. The third-order valence-electron chi connectivity index (χ3n) is 8.07. The summed E-state index contributed by atoms with van der Waals surface area (Å²) in [5.41, 5.74) is 10.2. The smallest absolute Gasteiger partial charge is 0.156 e. The summed E-state index contributed by atoms with van der Waals surface area (Å²) in [6, 6.07) is 47.8. The van der Waals surface area contributed by atoms with E-state index >= 15 is 0 Å². The minimum Gasteiger partial charge on any atom is -0.378 e. The maximum Gasteiger partial charge on any atom is 0.156 e. The van der Waals surface area contributed by atoms with Gasteiger partial charge in [0.25, 0.3) is 0 Å². The van der Waals surface area contributed by atoms with Crippen molar-refractivity contribution in [2.45, 2.75) is 0 Å². The van der Waals surface area contributed by atoms with Gasteiger partial charge in [-0.25, -0.2) is 14.3 Å². The second-order valence-corrected chi connectivity index (χ2v) is 11.6. The largest absolute Gasteiger partial charge is 0.378 e. The normalized spacial score (nSPS) is 11.0. The van der Waals surface area contributed by atoms with E-state index in [-0.39, 0.29) is 0 Å². The number of aromatic nitrogens is 5. The first-order chi connectivity index (χ1) is 22.4. The molecule has 226 valence electrons. The Balaban J connectivity index is 1.35. The monoisotopic (exact) mass is 601 g/mol. The summed E-state index contributed by atoms with van der Waals surface area (Å²) >= 11 is 0. The van der Waals surface area contributed by atoms with E-state index in [0.29, 0.717) is 11.6 Å². The second kappa shape index (κ2) is 12.2. The maximum atomic E-state index is 5.16. The fraction of sp³-hybridized carbons (Fsp3) is 0.103. The van der Waals surface area contributed by atoms with E-state index in [1.807, 2.05) is 92.2 Å². The molecular formula is C39H35N7. The van der Waals surface area contributed by atoms with E-state index in [4.69, 9.17) is 15.2 Å². The van der Waals surface area contributed by atoms with Gasteiger partial charge in [0.05, 0.1) is 22.8 Å². The summed E-state index contributed by atoms with van der Waals surface area (Å²) in [4.78, 5) is 9.35. The van der Waals surface area contributed by atoms with E-state index in [1.54, 1.807) is 0 Å². The Morgan fingerprint density at radius 2 is 0.804 bits per heavy atom. The predicted octanol–water partition coefficient (Wildman–Crippen LogP) is 8.25. The molecule has 4 aromatic carbocycles. The van der Waals surface area contributed by atoms with Crippen molar-refractivity contribution in [3.05, 3.63) is 140 Å². The Hall–Kier alpha value is -5.95. The zero-order valence-corrected chi connectivity index (χ0v) is 26.4. The molecule has 46 heavy (non-hydrogen) atoms. The summed E-state index contributed by atoms with van der Waals surface area (Å²) in [7, 11) is 8.18. The van der Waals surface area contributed by atoms with Gasteiger partial charge in [-0.15, -0.1) is 0 Å². The lowest BCUT2D eigenvalue weighted by Crippen LogP contribution is -2.08. The van der Waals surface area contributed by atoms with E-state index < -0.39 is 0 Å². The fourth-order valence-electron chi connectivity index (χ4n) is 5.53. The Morgan fingerprint density at radius 3 is 1.17 bits per heavy atom. The van der Waals surface area contributed by atoms with Crippen LogP contribution >= 0.6 is 0 Å². The van der Waals surface area contributed by atoms with Gasteiger partial charge >= 0.3 is 0 Å². The number of nitrogens with zero attached hydrogens (tertiary/aromatic N) is 7. The molecule has 0 bridgehead atoms. The van der Waals surface area contributed by atoms with Crippen molar-refractivity contribution in [3.63, 3.8) is 0 Å². The van der Waals surface area contributed by atoms with Gasteiger partial charge in [0.2, 0.25) is 0 Å². The summed E-state index contributed by atoms with van der Waals surface area (Å²) in [5.74, 6) is 1.41. The zero-order chi connectivity index (χ0) is 31.6. The van der Waals surface area contributed by atoms with Crippen LogP contribution in [0.2, 0.25) is 0 Å². The Morgan fingerprint density at radius 1 is 0.413 bits per heavy atom. The van der Waals surface area contributed by atoms with Crippen molar-refractivity contribution in [2.75, 3.05) is 38.0 Å². The third kappa shape index (κ3) is 5.66. The van der Waals surface area contributed by atoms with E-state index in [9.17, 15) is 0 Å². The average Bonchev–Trinajstić information content (AvgIpc) is 3.76. The lowest BCUT2D eigenvalue weighted by molar-refractivity contribution is 0.813. The van der Waals surface area contributed by atoms with Crippen LogP contribution in [-0.4, -0.2) is 52.7 Å². The van der Waals surface area contributed by atoms with Gasteiger partial charge in [-0.1, -0.05) is 91.0 Å². The van der Waals surface area contributed by atoms with Crippen LogP contribution in [0.25, 0.3) is 56.7 Å². The summed E-state index contributed by atoms with van der Waals surface area (Å²) in [6.45, 7) is 0. The molecular weight excluding hydrogens is 566 g/mol. The van der Waals surface area contributed by atoms with Crippen LogP contribution in [0.4, 0.5) is 11.4 Å². The molecule has 0 spiro atoms. The van der Waals surface area contributed by atoms with Crippen molar-refractivity contribution >= 4 is 11.4 Å². The van der Waals surface area contributed by atoms with Gasteiger partial charge in [0, 0.05) is 61.8 Å². The quantitative estimate of drug-likeness (QED) is 0.176. The Kier molecular flexibility index (Phi) is 7.64. The van der Waals surface area contributed by atoms with Crippen LogP contribution in [0.5, 0.6) is 0 Å². The van der Waals surface area contributed by atoms with E-state index in [0.717, 1.165) is 56.4 Å². The first kappa shape index (κ1) is 28.8. The van der Waals surface area contributed by atoms with Crippen LogP contribution < -0.4 is 9.80 Å². The van der Waals surface area contributed by atoms with Crippen LogP contribution in [0.1, 0.15) is 0 Å². The highest BCUT2D eigenvalue weighted by Gasteiger charge is 2.18. The molecule has 0 aliphatic rings. The summed E-state index contributed by atoms with van der Waals surface area (Å²) < 4.78 is 3.86. The van der Waals surface area contributed by atoms with Gasteiger partial charge < -0.3 is 9.80 Å². The number of anilines is 2. The number of hydrogen-bond donors (Lipinski definition) is 0. The number of rotatable bonds is 8. The molecule has 7 aromatic rings. The first-order valence-electron chi connectivity index (χ1n) is 15.3. The molecule has 3 aromatic heterocycles. The van der Waals surface area contributed by atoms with E-state index in [1.165, 1.54) is 0 Å². The highest BCUT2D eigenvalue weighted by Crippen LogP contribution is 2.32. The van der Waals surface area contributed by atoms with Crippen molar-refractivity contribution in [1.29, 1.82) is 0 Å². The number of benzene rings is 4. The molecule has 0 N–H and O–H groups in total. The molecule has 7 rings (SSSR count). The molecule has 0 fully saturated rings. The molecule has 0 unspecified atom stereocenters. The number of hydrogen-bond acceptors (Lipinski definition) is 5. The Labute approximate surface area is 269 Å². The minimum atomic E-state index is 0.707. The molecule has 0 radical (unpaired) electrons. The molecule has 0 saturated carbocycles. The molecule has 3 heterocycles. The summed E-state index contributed by atoms with van der Waals surface area (Å²) in [6.07, 6.45) is 0. The molecule has 7 nitrogen and oxygen atoms in total. The van der Waals surface area contributed by atoms with Crippen LogP contribution in [0.3, 0.4) is 0 Å². The molecule has 0 aliphatic heterocycles. The van der Waals surface area contributed by atoms with Gasteiger partial charge in [0.15, 0.2) is 11.6 Å². The van der Waals surface area contributed by atoms with Crippen molar-refractivity contribution in [3.8, 4) is 56.7 Å². The van der Waals surface area contributed by atoms with Crippen molar-refractivity contribution in [1.82, 2.24) is 24.5 Å². The SMILES string of the molecule is CN(C)c1ccc(-c2cc(-c3ccccc3)n(-c3cccc(-n4nc(-c5ccc(N(C)C)cc5)cc4-c4ccccc4)n3)n2)cc1. The van der Waals surface area contributed by atoms with E-state index in [2.05, 4.69) is 94.7 Å². The predicted molar refractivity (Wildman–Crippen MR) is 189 cm³/mol. The molecule has 0 aliphatic carbocycles. The number of pyridine rings is 1. The van der Waals surface area contributed by atoms with Crippen LogP contribution in [0.15, 0.2) is 140 Å². The second-order valence-electron chi connectivity index (χ2n) is 11.6. The highest BCUT2D eigenvalue weighted by atomic mass is 15.4. The molecule has 0 atom stereocenters. The standard InChI is InChI=1S/C39H35N7/c1-43(2)32-22-18-28(19-23-32)34-26-36(30-12-7-5-8-13-30)45(41-34)38-16-11-17-39(40-38)46-37(31-14-9-6-10-15-31)27-35(42-46)29-20-24-33(25-21-29)44(3)4/h5-27H,1-4H3. The minimum absolute atomic E-state index is 0.707. The van der Waals surface area contributed by atoms with Gasteiger partial charge in [0.1, 0.15) is 0 Å². The molecule has 0 saturated heterocycles. The average molecular weight is 602 g/mol. The van der Waals surface area contributed by atoms with Crippen molar-refractivity contribution in [2.24, 2.45) is 0 Å². The topological polar surface area (TPSA) is 55.0 Å². The first-order valence-corrected chi connectivity index (χ1v) is 15.3. The van der Waals surface area contributed by atoms with Crippen LogP contribution in [-0.2, 0) is 0 Å². The summed E-state index contributed by atoms with van der Waals surface area (Å²) in [5, 5.41) is 10.2. The zero-order valence-electron chi connectivity index (χ0n) is 26.4. The van der Waals surface area contributed by atoms with Crippen molar-refractivity contribution < 1.29 is 0 Å².